The van der Waals surface area contributed by atoms with Gasteiger partial charge in [-0.2, -0.15) is 4.98 Å². The van der Waals surface area contributed by atoms with Crippen molar-refractivity contribution in [3.05, 3.63) is 85.1 Å². The molecule has 4 rings (SSSR count). The largest absolute Gasteiger partial charge is 0.312 e. The van der Waals surface area contributed by atoms with Gasteiger partial charge < -0.3 is 9.88 Å². The van der Waals surface area contributed by atoms with Crippen LogP contribution >= 0.6 is 35.0 Å². The third kappa shape index (κ3) is 4.00. The number of aryl methyl sites for hydroxylation is 1. The topological polar surface area (TPSA) is 64.0 Å². The molecule has 1 atom stereocenters. The molecule has 1 aliphatic rings. The number of fused-ring (bicyclic) bond motifs is 1. The van der Waals surface area contributed by atoms with Gasteiger partial charge in [-0.05, 0) is 24.1 Å². The molecule has 0 aliphatic carbocycles. The summed E-state index contributed by atoms with van der Waals surface area (Å²) in [6.45, 7) is 2.04. The number of carbonyl (C=O) groups is 1. The van der Waals surface area contributed by atoms with Crippen LogP contribution in [0.2, 0.25) is 10.0 Å². The minimum atomic E-state index is -0.498. The summed E-state index contributed by atoms with van der Waals surface area (Å²) in [7, 11) is 1.80. The summed E-state index contributed by atoms with van der Waals surface area (Å²) in [6, 6.07) is 13.4. The van der Waals surface area contributed by atoms with Gasteiger partial charge in [0, 0.05) is 25.1 Å². The number of amides is 1. The zero-order valence-electron chi connectivity index (χ0n) is 16.4. The van der Waals surface area contributed by atoms with Crippen LogP contribution in [0.25, 0.3) is 0 Å². The summed E-state index contributed by atoms with van der Waals surface area (Å²) >= 11 is 14.0. The number of nitrogens with zero attached hydrogens (tertiary/aromatic N) is 2. The Morgan fingerprint density at radius 2 is 1.90 bits per heavy atom. The zero-order valence-corrected chi connectivity index (χ0v) is 18.7. The summed E-state index contributed by atoms with van der Waals surface area (Å²) in [4.78, 5) is 29.8. The van der Waals surface area contributed by atoms with Crippen molar-refractivity contribution in [2.75, 3.05) is 5.32 Å². The van der Waals surface area contributed by atoms with Crippen molar-refractivity contribution in [3.8, 4) is 0 Å². The Hall–Kier alpha value is -2.28. The minimum Gasteiger partial charge on any atom is -0.312 e. The average molecular weight is 460 g/mol. The second kappa shape index (κ2) is 8.46. The number of nitrogens with one attached hydrogen (secondary N) is 1. The summed E-state index contributed by atoms with van der Waals surface area (Å²) in [5.74, 6) is 0.442. The number of carbonyl (C=O) groups excluding carboxylic acids is 1. The summed E-state index contributed by atoms with van der Waals surface area (Å²) < 4.78 is 1.76. The van der Waals surface area contributed by atoms with Gasteiger partial charge in [-0.15, -0.1) is 0 Å². The molecule has 30 heavy (non-hydrogen) atoms. The lowest BCUT2D eigenvalue weighted by Crippen LogP contribution is -2.33. The van der Waals surface area contributed by atoms with E-state index in [4.69, 9.17) is 23.2 Å². The number of hydrogen-bond acceptors (Lipinski definition) is 4. The van der Waals surface area contributed by atoms with Gasteiger partial charge in [0.2, 0.25) is 5.91 Å². The Labute approximate surface area is 188 Å². The maximum atomic E-state index is 13.0. The lowest BCUT2D eigenvalue weighted by atomic mass is 9.86. The lowest BCUT2D eigenvalue weighted by Gasteiger charge is -2.28. The number of halogens is 2. The van der Waals surface area contributed by atoms with Gasteiger partial charge in [0.05, 0.1) is 15.6 Å². The molecule has 1 aliphatic heterocycles. The normalized spacial score (nSPS) is 15.6. The van der Waals surface area contributed by atoms with Gasteiger partial charge in [-0.25, -0.2) is 0 Å². The van der Waals surface area contributed by atoms with Crippen molar-refractivity contribution in [1.82, 2.24) is 9.55 Å². The molecule has 0 radical (unpaired) electrons. The van der Waals surface area contributed by atoms with E-state index in [0.717, 1.165) is 5.56 Å². The molecule has 1 aromatic heterocycles. The van der Waals surface area contributed by atoms with Crippen molar-refractivity contribution < 1.29 is 4.79 Å². The first-order valence-corrected chi connectivity index (χ1v) is 11.1. The number of anilines is 1. The third-order valence-electron chi connectivity index (χ3n) is 5.15. The van der Waals surface area contributed by atoms with Gasteiger partial charge in [-0.1, -0.05) is 76.9 Å². The summed E-state index contributed by atoms with van der Waals surface area (Å²) in [5, 5.41) is 4.12. The Morgan fingerprint density at radius 3 is 2.63 bits per heavy atom. The van der Waals surface area contributed by atoms with E-state index in [-0.39, 0.29) is 17.9 Å². The highest BCUT2D eigenvalue weighted by atomic mass is 35.5. The first-order valence-electron chi connectivity index (χ1n) is 9.38. The molecular formula is C22H19Cl2N3O2S. The molecule has 2 aromatic carbocycles. The fraction of sp³-hybridized carbons (Fsp3) is 0.227. The van der Waals surface area contributed by atoms with Crippen molar-refractivity contribution >= 4 is 46.7 Å². The van der Waals surface area contributed by atoms with Crippen LogP contribution in [-0.2, 0) is 17.6 Å². The van der Waals surface area contributed by atoms with E-state index < -0.39 is 5.92 Å². The molecule has 0 spiro atoms. The van der Waals surface area contributed by atoms with Crippen molar-refractivity contribution in [3.63, 3.8) is 0 Å². The zero-order chi connectivity index (χ0) is 21.4. The van der Waals surface area contributed by atoms with Gasteiger partial charge in [0.1, 0.15) is 5.82 Å². The third-order valence-corrected chi connectivity index (χ3v) is 7.08. The van der Waals surface area contributed by atoms with Crippen molar-refractivity contribution in [2.45, 2.75) is 30.2 Å². The molecule has 3 aromatic rings. The number of hydrogen-bond donors (Lipinski definition) is 1. The lowest BCUT2D eigenvalue weighted by molar-refractivity contribution is -0.116. The molecular weight excluding hydrogens is 441 g/mol. The average Bonchev–Trinajstić information content (AvgIpc) is 2.72. The Balaban J connectivity index is 1.74. The van der Waals surface area contributed by atoms with E-state index in [1.54, 1.807) is 29.8 Å². The Morgan fingerprint density at radius 1 is 1.17 bits per heavy atom. The molecule has 0 bridgehead atoms. The maximum absolute atomic E-state index is 13.0. The van der Waals surface area contributed by atoms with Gasteiger partial charge in [0.25, 0.3) is 5.56 Å². The van der Waals surface area contributed by atoms with Crippen LogP contribution in [0.4, 0.5) is 5.82 Å². The first-order chi connectivity index (χ1) is 14.3. The number of rotatable bonds is 4. The SMILES string of the molecule is Cc1ccc(CSc2nc(=O)c3c(n2C)NC(=O)CC3c2cccc(Cl)c2Cl)cc1. The van der Waals surface area contributed by atoms with Crippen LogP contribution in [0, 0.1) is 6.92 Å². The van der Waals surface area contributed by atoms with Crippen molar-refractivity contribution in [1.29, 1.82) is 0 Å². The van der Waals surface area contributed by atoms with Crippen LogP contribution in [0.5, 0.6) is 0 Å². The van der Waals surface area contributed by atoms with E-state index in [2.05, 4.69) is 34.6 Å². The maximum Gasteiger partial charge on any atom is 0.279 e. The smallest absolute Gasteiger partial charge is 0.279 e. The van der Waals surface area contributed by atoms with Crippen LogP contribution in [0.1, 0.15) is 34.6 Å². The highest BCUT2D eigenvalue weighted by Gasteiger charge is 2.33. The molecule has 1 unspecified atom stereocenters. The predicted molar refractivity (Wildman–Crippen MR) is 122 cm³/mol. The van der Waals surface area contributed by atoms with Crippen molar-refractivity contribution in [2.24, 2.45) is 7.05 Å². The first kappa shape index (κ1) is 21.0. The molecule has 2 heterocycles. The monoisotopic (exact) mass is 459 g/mol. The molecule has 154 valence electrons. The van der Waals surface area contributed by atoms with Crippen LogP contribution in [-0.4, -0.2) is 15.5 Å². The van der Waals surface area contributed by atoms with Gasteiger partial charge >= 0.3 is 0 Å². The fourth-order valence-electron chi connectivity index (χ4n) is 3.55. The van der Waals surface area contributed by atoms with E-state index in [1.165, 1.54) is 17.3 Å². The minimum absolute atomic E-state index is 0.111. The number of benzene rings is 2. The standard InChI is InChI=1S/C22H19Cl2N3O2S/c1-12-6-8-13(9-7-12)11-30-22-26-21(29)18-15(10-17(28)25-20(18)27(22)2)14-4-3-5-16(23)19(14)24/h3-9,15H,10-11H2,1-2H3,(H,25,28). The molecule has 0 saturated heterocycles. The van der Waals surface area contributed by atoms with Gasteiger partial charge in [0.15, 0.2) is 5.16 Å². The second-order valence-electron chi connectivity index (χ2n) is 7.24. The highest BCUT2D eigenvalue weighted by molar-refractivity contribution is 7.98. The van der Waals surface area contributed by atoms with E-state index in [1.807, 2.05) is 6.92 Å². The molecule has 0 fully saturated rings. The fourth-order valence-corrected chi connectivity index (χ4v) is 4.91. The van der Waals surface area contributed by atoms with E-state index >= 15 is 0 Å². The molecule has 0 saturated carbocycles. The van der Waals surface area contributed by atoms with E-state index in [9.17, 15) is 9.59 Å². The van der Waals surface area contributed by atoms with Crippen LogP contribution in [0.3, 0.4) is 0 Å². The van der Waals surface area contributed by atoms with Crippen LogP contribution < -0.4 is 10.9 Å². The van der Waals surface area contributed by atoms with Gasteiger partial charge in [-0.3, -0.25) is 9.59 Å². The van der Waals surface area contributed by atoms with E-state index in [0.29, 0.717) is 37.9 Å². The Bertz CT molecular complexity index is 1190. The molecule has 5 nitrogen and oxygen atoms in total. The Kier molecular flexibility index (Phi) is 5.91. The van der Waals surface area contributed by atoms with Crippen LogP contribution in [0.15, 0.2) is 52.4 Å². The number of thioether (sulfide) groups is 1. The number of aromatic nitrogens is 2. The molecule has 1 amide bonds. The second-order valence-corrected chi connectivity index (χ2v) is 8.97. The summed E-state index contributed by atoms with van der Waals surface area (Å²) in [5.41, 5.74) is 3.04. The predicted octanol–water partition coefficient (Wildman–Crippen LogP) is 5.16. The quantitative estimate of drug-likeness (QED) is 0.432. The summed E-state index contributed by atoms with van der Waals surface area (Å²) in [6.07, 6.45) is 0.111. The highest BCUT2D eigenvalue weighted by Crippen LogP contribution is 2.40. The molecule has 1 N–H and O–H groups in total. The molecule has 8 heteroatoms.